The van der Waals surface area contributed by atoms with Gasteiger partial charge in [-0.15, -0.1) is 0 Å². The molecule has 0 spiro atoms. The van der Waals surface area contributed by atoms with Gasteiger partial charge in [0.05, 0.1) is 21.6 Å². The Morgan fingerprint density at radius 2 is 1.67 bits per heavy atom. The first-order valence-electron chi connectivity index (χ1n) is 10.5. The first kappa shape index (κ1) is 24.4. The number of hydrogen-bond acceptors (Lipinski definition) is 5. The number of halogens is 3. The van der Waals surface area contributed by atoms with Crippen molar-refractivity contribution in [3.63, 3.8) is 0 Å². The molecular weight excluding hydrogens is 477 g/mol. The number of amides is 1. The molecule has 182 valence electrons. The summed E-state index contributed by atoms with van der Waals surface area (Å²) in [5.74, 6) is -2.99. The average Bonchev–Trinajstić information content (AvgIpc) is 3.13. The number of ketones is 1. The Morgan fingerprint density at radius 1 is 1.00 bits per heavy atom. The van der Waals surface area contributed by atoms with Crippen molar-refractivity contribution in [3.05, 3.63) is 123 Å². The number of aliphatic hydroxyl groups excluding tert-OH is 1. The largest absolute Gasteiger partial charge is 0.503 e. The van der Waals surface area contributed by atoms with E-state index in [2.05, 4.69) is 0 Å². The van der Waals surface area contributed by atoms with E-state index in [1.807, 2.05) is 0 Å². The number of anilines is 1. The smallest absolute Gasteiger partial charge is 0.416 e. The molecule has 0 aliphatic carbocycles. The number of hydrogen-bond donors (Lipinski definition) is 1. The van der Waals surface area contributed by atoms with E-state index in [-0.39, 0.29) is 11.3 Å². The van der Waals surface area contributed by atoms with Gasteiger partial charge in [-0.2, -0.15) is 13.2 Å². The van der Waals surface area contributed by atoms with Crippen molar-refractivity contribution >= 4 is 29.1 Å². The molecule has 10 heteroatoms. The molecule has 7 nitrogen and oxygen atoms in total. The second-order valence-electron chi connectivity index (χ2n) is 7.81. The number of para-hydroxylation sites is 1. The molecule has 1 aliphatic rings. The monoisotopic (exact) mass is 494 g/mol. The number of nitrogens with zero attached hydrogens (tertiary/aromatic N) is 2. The summed E-state index contributed by atoms with van der Waals surface area (Å²) in [5.41, 5.74) is -1.84. The molecule has 1 amide bonds. The summed E-state index contributed by atoms with van der Waals surface area (Å²) in [6.07, 6.45) is -2.22. The van der Waals surface area contributed by atoms with E-state index in [4.69, 9.17) is 0 Å². The Bertz CT molecular complexity index is 1410. The van der Waals surface area contributed by atoms with E-state index in [9.17, 15) is 38.0 Å². The van der Waals surface area contributed by atoms with Gasteiger partial charge in [0.1, 0.15) is 6.04 Å². The zero-order valence-electron chi connectivity index (χ0n) is 18.3. The van der Waals surface area contributed by atoms with Gasteiger partial charge in [0.25, 0.3) is 11.6 Å². The maximum absolute atomic E-state index is 13.4. The average molecular weight is 494 g/mol. The van der Waals surface area contributed by atoms with Gasteiger partial charge in [0.15, 0.2) is 11.5 Å². The third-order valence-electron chi connectivity index (χ3n) is 5.58. The molecule has 0 aromatic heterocycles. The van der Waals surface area contributed by atoms with E-state index >= 15 is 0 Å². The van der Waals surface area contributed by atoms with Crippen molar-refractivity contribution < 1.29 is 32.8 Å². The summed E-state index contributed by atoms with van der Waals surface area (Å²) < 4.78 is 40.1. The predicted octanol–water partition coefficient (Wildman–Crippen LogP) is 5.80. The Labute approximate surface area is 202 Å². The molecule has 1 N–H and O–H groups in total. The van der Waals surface area contributed by atoms with Gasteiger partial charge < -0.3 is 5.11 Å². The normalized spacial score (nSPS) is 16.1. The van der Waals surface area contributed by atoms with Crippen LogP contribution in [0.5, 0.6) is 0 Å². The lowest BCUT2D eigenvalue weighted by molar-refractivity contribution is -0.385. The lowest BCUT2D eigenvalue weighted by Gasteiger charge is -2.27. The molecule has 4 rings (SSSR count). The van der Waals surface area contributed by atoms with Gasteiger partial charge in [-0.1, -0.05) is 54.6 Å². The molecule has 0 saturated heterocycles. The van der Waals surface area contributed by atoms with Gasteiger partial charge in [0, 0.05) is 11.8 Å². The fourth-order valence-electron chi connectivity index (χ4n) is 3.96. The quantitative estimate of drug-likeness (QED) is 0.265. The van der Waals surface area contributed by atoms with Crippen LogP contribution < -0.4 is 4.90 Å². The molecule has 3 aromatic carbocycles. The molecule has 1 heterocycles. The Morgan fingerprint density at radius 3 is 2.33 bits per heavy atom. The highest BCUT2D eigenvalue weighted by molar-refractivity contribution is 6.20. The number of allylic oxidation sites excluding steroid dienone is 1. The summed E-state index contributed by atoms with van der Waals surface area (Å²) in [6.45, 7) is 0. The Kier molecular flexibility index (Phi) is 6.43. The van der Waals surface area contributed by atoms with Gasteiger partial charge >= 0.3 is 6.18 Å². The first-order valence-corrected chi connectivity index (χ1v) is 10.5. The number of rotatable bonds is 6. The standard InChI is InChI=1S/C26H17F3N2O5/c27-26(28,29)17-9-6-10-18(15-17)30-23(19-11-4-5-12-20(19)31(35)36)22(24(33)25(30)34)21(32)14-13-16-7-2-1-3-8-16/h1-15,23,33H/b14-13+. The summed E-state index contributed by atoms with van der Waals surface area (Å²) in [4.78, 5) is 38.1. The zero-order valence-corrected chi connectivity index (χ0v) is 18.3. The highest BCUT2D eigenvalue weighted by Crippen LogP contribution is 2.44. The van der Waals surface area contributed by atoms with Crippen molar-refractivity contribution in [1.29, 1.82) is 0 Å². The topological polar surface area (TPSA) is 101 Å². The highest BCUT2D eigenvalue weighted by Gasteiger charge is 2.46. The summed E-state index contributed by atoms with van der Waals surface area (Å²) >= 11 is 0. The number of nitro benzene ring substituents is 1. The Balaban J connectivity index is 1.88. The number of carbonyl (C=O) groups is 2. The second kappa shape index (κ2) is 9.49. The van der Waals surface area contributed by atoms with Gasteiger partial charge in [-0.05, 0) is 35.9 Å². The molecule has 3 aromatic rings. The minimum Gasteiger partial charge on any atom is -0.503 e. The molecule has 0 bridgehead atoms. The maximum atomic E-state index is 13.4. The van der Waals surface area contributed by atoms with Crippen LogP contribution in [0.4, 0.5) is 24.5 Å². The number of nitro groups is 1. The third-order valence-corrected chi connectivity index (χ3v) is 5.58. The second-order valence-corrected chi connectivity index (χ2v) is 7.81. The summed E-state index contributed by atoms with van der Waals surface area (Å²) in [7, 11) is 0. The molecule has 1 unspecified atom stereocenters. The highest BCUT2D eigenvalue weighted by atomic mass is 19.4. The van der Waals surface area contributed by atoms with Crippen molar-refractivity contribution in [2.45, 2.75) is 12.2 Å². The fraction of sp³-hybridized carbons (Fsp3) is 0.0769. The first-order chi connectivity index (χ1) is 17.1. The van der Waals surface area contributed by atoms with Crippen molar-refractivity contribution in [3.8, 4) is 0 Å². The summed E-state index contributed by atoms with van der Waals surface area (Å²) in [5, 5.41) is 22.4. The maximum Gasteiger partial charge on any atom is 0.416 e. The van der Waals surface area contributed by atoms with Crippen molar-refractivity contribution in [2.75, 3.05) is 4.90 Å². The molecule has 0 radical (unpaired) electrons. The van der Waals surface area contributed by atoms with Crippen LogP contribution in [0.2, 0.25) is 0 Å². The molecule has 36 heavy (non-hydrogen) atoms. The van der Waals surface area contributed by atoms with Crippen LogP contribution >= 0.6 is 0 Å². The van der Waals surface area contributed by atoms with Crippen LogP contribution in [-0.2, 0) is 15.8 Å². The lowest BCUT2D eigenvalue weighted by atomic mass is 9.94. The fourth-order valence-corrected chi connectivity index (χ4v) is 3.96. The van der Waals surface area contributed by atoms with Gasteiger partial charge in [0.2, 0.25) is 0 Å². The van der Waals surface area contributed by atoms with E-state index in [0.717, 1.165) is 29.2 Å². The van der Waals surface area contributed by atoms with E-state index < -0.39 is 51.4 Å². The lowest BCUT2D eigenvalue weighted by Crippen LogP contribution is -2.31. The van der Waals surface area contributed by atoms with Crippen LogP contribution in [0, 0.1) is 10.1 Å². The molecule has 1 atom stereocenters. The van der Waals surface area contributed by atoms with Crippen LogP contribution in [0.25, 0.3) is 6.08 Å². The van der Waals surface area contributed by atoms with E-state index in [1.54, 1.807) is 30.3 Å². The van der Waals surface area contributed by atoms with Crippen LogP contribution in [0.3, 0.4) is 0 Å². The minimum atomic E-state index is -4.74. The van der Waals surface area contributed by atoms with Crippen LogP contribution in [0.1, 0.15) is 22.7 Å². The SMILES string of the molecule is O=C(/C=C/c1ccccc1)C1=C(O)C(=O)N(c2cccc(C(F)(F)F)c2)C1c1ccccc1[N+](=O)[O-]. The molecule has 0 fully saturated rings. The molecular formula is C26H17F3N2O5. The number of carbonyl (C=O) groups excluding carboxylic acids is 2. The number of alkyl halides is 3. The third kappa shape index (κ3) is 4.61. The van der Waals surface area contributed by atoms with Gasteiger partial charge in [-0.25, -0.2) is 0 Å². The number of benzene rings is 3. The molecule has 0 saturated carbocycles. The molecule has 1 aliphatic heterocycles. The Hall–Kier alpha value is -4.73. The van der Waals surface area contributed by atoms with Gasteiger partial charge in [-0.3, -0.25) is 24.6 Å². The van der Waals surface area contributed by atoms with Crippen molar-refractivity contribution in [1.82, 2.24) is 0 Å². The predicted molar refractivity (Wildman–Crippen MR) is 125 cm³/mol. The number of aliphatic hydroxyl groups is 1. The minimum absolute atomic E-state index is 0.145. The van der Waals surface area contributed by atoms with Crippen LogP contribution in [-0.4, -0.2) is 21.7 Å². The zero-order chi connectivity index (χ0) is 26.0. The summed E-state index contributed by atoms with van der Waals surface area (Å²) in [6, 6.07) is 16.0. The van der Waals surface area contributed by atoms with E-state index in [0.29, 0.717) is 11.6 Å². The van der Waals surface area contributed by atoms with Crippen LogP contribution in [0.15, 0.2) is 96.3 Å². The van der Waals surface area contributed by atoms with Crippen molar-refractivity contribution in [2.24, 2.45) is 0 Å². The van der Waals surface area contributed by atoms with E-state index in [1.165, 1.54) is 30.3 Å².